The van der Waals surface area contributed by atoms with Gasteiger partial charge in [0, 0.05) is 41.8 Å². The van der Waals surface area contributed by atoms with Crippen molar-refractivity contribution in [1.82, 2.24) is 9.55 Å². The van der Waals surface area contributed by atoms with Crippen LogP contribution in [0.5, 0.6) is 0 Å². The summed E-state index contributed by atoms with van der Waals surface area (Å²) in [7, 11) is -3.69. The number of aryl methyl sites for hydroxylation is 1. The summed E-state index contributed by atoms with van der Waals surface area (Å²) in [5.74, 6) is 1.10. The fourth-order valence-corrected chi connectivity index (χ4v) is 4.38. The Morgan fingerprint density at radius 1 is 1.10 bits per heavy atom. The molecule has 0 spiro atoms. The highest BCUT2D eigenvalue weighted by atomic mass is 32.2. The maximum atomic E-state index is 12.8. The molecule has 29 heavy (non-hydrogen) atoms. The van der Waals surface area contributed by atoms with Crippen LogP contribution in [0.4, 0.5) is 5.69 Å². The van der Waals surface area contributed by atoms with E-state index in [1.165, 1.54) is 0 Å². The summed E-state index contributed by atoms with van der Waals surface area (Å²) >= 11 is 0. The molecule has 0 atom stereocenters. The normalized spacial score (nSPS) is 12.0. The van der Waals surface area contributed by atoms with Crippen LogP contribution in [0.15, 0.2) is 70.3 Å². The summed E-state index contributed by atoms with van der Waals surface area (Å²) < 4.78 is 35.6. The SMILES string of the molecule is Cc1nc(-c2ccc(S(=O)(=O)Nc3ccc4c(ccn4CC(C)C)c3)cc2)co1. The highest BCUT2D eigenvalue weighted by molar-refractivity contribution is 7.92. The third-order valence-electron chi connectivity index (χ3n) is 4.66. The molecule has 0 aliphatic carbocycles. The fraction of sp³-hybridized carbons (Fsp3) is 0.227. The average Bonchev–Trinajstić information content (AvgIpc) is 3.27. The maximum absolute atomic E-state index is 12.8. The van der Waals surface area contributed by atoms with Gasteiger partial charge in [0.05, 0.1) is 4.90 Å². The van der Waals surface area contributed by atoms with Crippen LogP contribution >= 0.6 is 0 Å². The molecule has 0 aliphatic heterocycles. The third-order valence-corrected chi connectivity index (χ3v) is 6.06. The van der Waals surface area contributed by atoms with Gasteiger partial charge in [0.1, 0.15) is 12.0 Å². The molecule has 0 unspecified atom stereocenters. The zero-order valence-corrected chi connectivity index (χ0v) is 17.4. The number of anilines is 1. The van der Waals surface area contributed by atoms with Crippen molar-refractivity contribution in [1.29, 1.82) is 0 Å². The van der Waals surface area contributed by atoms with Gasteiger partial charge in [-0.2, -0.15) is 0 Å². The summed E-state index contributed by atoms with van der Waals surface area (Å²) in [4.78, 5) is 4.45. The molecule has 7 heteroatoms. The Hall–Kier alpha value is -3.06. The van der Waals surface area contributed by atoms with Crippen LogP contribution in [0.2, 0.25) is 0 Å². The first-order valence-corrected chi connectivity index (χ1v) is 10.9. The second-order valence-corrected chi connectivity index (χ2v) is 9.20. The van der Waals surface area contributed by atoms with Crippen LogP contribution in [-0.2, 0) is 16.6 Å². The molecule has 0 aliphatic rings. The second kappa shape index (κ2) is 7.40. The number of hydrogen-bond acceptors (Lipinski definition) is 4. The first-order valence-electron chi connectivity index (χ1n) is 9.46. The van der Waals surface area contributed by atoms with Gasteiger partial charge >= 0.3 is 0 Å². The molecular weight excluding hydrogens is 386 g/mol. The molecule has 0 fully saturated rings. The van der Waals surface area contributed by atoms with Gasteiger partial charge in [-0.3, -0.25) is 4.72 Å². The first-order chi connectivity index (χ1) is 13.8. The predicted octanol–water partition coefficient (Wildman–Crippen LogP) is 5.06. The van der Waals surface area contributed by atoms with Crippen molar-refractivity contribution in [2.24, 2.45) is 5.92 Å². The van der Waals surface area contributed by atoms with Gasteiger partial charge in [0.25, 0.3) is 10.0 Å². The second-order valence-electron chi connectivity index (χ2n) is 7.52. The number of aromatic nitrogens is 2. The molecule has 4 aromatic rings. The smallest absolute Gasteiger partial charge is 0.261 e. The molecule has 0 radical (unpaired) electrons. The van der Waals surface area contributed by atoms with Gasteiger partial charge in [-0.05, 0) is 42.3 Å². The molecule has 150 valence electrons. The topological polar surface area (TPSA) is 77.1 Å². The number of hydrogen-bond donors (Lipinski definition) is 1. The lowest BCUT2D eigenvalue weighted by atomic mass is 10.2. The van der Waals surface area contributed by atoms with E-state index >= 15 is 0 Å². The van der Waals surface area contributed by atoms with E-state index in [2.05, 4.69) is 28.1 Å². The number of rotatable bonds is 6. The number of fused-ring (bicyclic) bond motifs is 1. The lowest BCUT2D eigenvalue weighted by Crippen LogP contribution is -2.12. The molecule has 2 aromatic heterocycles. The first kappa shape index (κ1) is 19.3. The van der Waals surface area contributed by atoms with Crippen molar-refractivity contribution in [3.8, 4) is 11.3 Å². The Labute approximate surface area is 170 Å². The predicted molar refractivity (Wildman–Crippen MR) is 114 cm³/mol. The fourth-order valence-electron chi connectivity index (χ4n) is 3.33. The molecule has 2 heterocycles. The molecule has 0 saturated carbocycles. The molecule has 0 bridgehead atoms. The van der Waals surface area contributed by atoms with Crippen LogP contribution in [-0.4, -0.2) is 18.0 Å². The zero-order chi connectivity index (χ0) is 20.6. The Morgan fingerprint density at radius 3 is 2.52 bits per heavy atom. The minimum Gasteiger partial charge on any atom is -0.449 e. The van der Waals surface area contributed by atoms with Crippen LogP contribution in [0.25, 0.3) is 22.2 Å². The van der Waals surface area contributed by atoms with E-state index in [9.17, 15) is 8.42 Å². The summed E-state index contributed by atoms with van der Waals surface area (Å²) in [6, 6.07) is 14.2. The Morgan fingerprint density at radius 2 is 1.86 bits per heavy atom. The monoisotopic (exact) mass is 409 g/mol. The molecule has 4 rings (SSSR count). The van der Waals surface area contributed by atoms with Crippen molar-refractivity contribution < 1.29 is 12.8 Å². The number of oxazole rings is 1. The highest BCUT2D eigenvalue weighted by Crippen LogP contribution is 2.25. The summed E-state index contributed by atoms with van der Waals surface area (Å²) in [6.45, 7) is 7.03. The quantitative estimate of drug-likeness (QED) is 0.483. The highest BCUT2D eigenvalue weighted by Gasteiger charge is 2.15. The van der Waals surface area contributed by atoms with Gasteiger partial charge in [0.15, 0.2) is 5.89 Å². The molecule has 2 aromatic carbocycles. The third kappa shape index (κ3) is 4.05. The van der Waals surface area contributed by atoms with Crippen LogP contribution in [0.3, 0.4) is 0 Å². The Bertz CT molecular complexity index is 1250. The zero-order valence-electron chi connectivity index (χ0n) is 16.6. The summed E-state index contributed by atoms with van der Waals surface area (Å²) in [5.41, 5.74) is 3.11. The Kier molecular flexibility index (Phi) is 4.92. The average molecular weight is 410 g/mol. The van der Waals surface area contributed by atoms with Crippen molar-refractivity contribution in [2.75, 3.05) is 4.72 Å². The molecular formula is C22H23N3O3S. The molecule has 6 nitrogen and oxygen atoms in total. The van der Waals surface area contributed by atoms with E-state index in [-0.39, 0.29) is 4.90 Å². The van der Waals surface area contributed by atoms with E-state index in [0.717, 1.165) is 23.0 Å². The van der Waals surface area contributed by atoms with E-state index in [0.29, 0.717) is 23.2 Å². The van der Waals surface area contributed by atoms with E-state index in [4.69, 9.17) is 4.42 Å². The minimum atomic E-state index is -3.69. The van der Waals surface area contributed by atoms with Crippen molar-refractivity contribution in [2.45, 2.75) is 32.2 Å². The number of nitrogens with zero attached hydrogens (tertiary/aromatic N) is 2. The van der Waals surface area contributed by atoms with Crippen molar-refractivity contribution in [3.63, 3.8) is 0 Å². The number of sulfonamides is 1. The maximum Gasteiger partial charge on any atom is 0.261 e. The molecule has 0 amide bonds. The lowest BCUT2D eigenvalue weighted by Gasteiger charge is -2.11. The minimum absolute atomic E-state index is 0.193. The van der Waals surface area contributed by atoms with E-state index in [1.54, 1.807) is 43.5 Å². The number of nitrogens with one attached hydrogen (secondary N) is 1. The van der Waals surface area contributed by atoms with Crippen LogP contribution in [0.1, 0.15) is 19.7 Å². The van der Waals surface area contributed by atoms with Crippen molar-refractivity contribution in [3.05, 3.63) is 66.9 Å². The van der Waals surface area contributed by atoms with Gasteiger partial charge in [0.2, 0.25) is 0 Å². The van der Waals surface area contributed by atoms with Gasteiger partial charge in [-0.25, -0.2) is 13.4 Å². The van der Waals surface area contributed by atoms with E-state index in [1.807, 2.05) is 24.4 Å². The Balaban J connectivity index is 1.56. The molecule has 0 saturated heterocycles. The number of benzene rings is 2. The van der Waals surface area contributed by atoms with Crippen LogP contribution < -0.4 is 4.72 Å². The van der Waals surface area contributed by atoms with Crippen molar-refractivity contribution >= 4 is 26.6 Å². The van der Waals surface area contributed by atoms with Gasteiger partial charge < -0.3 is 8.98 Å². The lowest BCUT2D eigenvalue weighted by molar-refractivity contribution is 0.521. The van der Waals surface area contributed by atoms with Crippen LogP contribution in [0, 0.1) is 12.8 Å². The van der Waals surface area contributed by atoms with Gasteiger partial charge in [-0.15, -0.1) is 0 Å². The standard InChI is InChI=1S/C22H23N3O3S/c1-15(2)13-25-11-10-18-12-19(6-9-22(18)25)24-29(26,27)20-7-4-17(5-8-20)21-14-28-16(3)23-21/h4-12,14-15,24H,13H2,1-3H3. The van der Waals surface area contributed by atoms with E-state index < -0.39 is 10.0 Å². The largest absolute Gasteiger partial charge is 0.449 e. The van der Waals surface area contributed by atoms with Gasteiger partial charge in [-0.1, -0.05) is 26.0 Å². The summed E-state index contributed by atoms with van der Waals surface area (Å²) in [5, 5.41) is 1.00. The molecule has 1 N–H and O–H groups in total. The summed E-state index contributed by atoms with van der Waals surface area (Å²) in [6.07, 6.45) is 3.59.